The highest BCUT2D eigenvalue weighted by Gasteiger charge is 2.13. The maximum Gasteiger partial charge on any atom is 0.293 e. The summed E-state index contributed by atoms with van der Waals surface area (Å²) in [6.07, 6.45) is 0. The Labute approximate surface area is 140 Å². The number of carbonyl (C=O) groups excluding carboxylic acids is 2. The highest BCUT2D eigenvalue weighted by atomic mass is 79.9. The average molecular weight is 382 g/mol. The lowest BCUT2D eigenvalue weighted by Gasteiger charge is -2.11. The summed E-state index contributed by atoms with van der Waals surface area (Å²) in [6, 6.07) is 10.2. The van der Waals surface area contributed by atoms with Crippen LogP contribution in [0.4, 0.5) is 0 Å². The first kappa shape index (κ1) is 16.2. The van der Waals surface area contributed by atoms with Crippen molar-refractivity contribution in [3.8, 4) is 0 Å². The second-order valence-electron chi connectivity index (χ2n) is 4.28. The van der Waals surface area contributed by atoms with Crippen molar-refractivity contribution in [2.24, 2.45) is 0 Å². The number of thiocarbonyl (C=S) groups is 1. The number of amides is 2. The van der Waals surface area contributed by atoms with E-state index in [1.54, 1.807) is 18.2 Å². The molecule has 6 nitrogen and oxygen atoms in total. The molecule has 0 aliphatic rings. The standard InChI is InChI=1S/C14H12BrN3O3S/c1-8-4-2-3-5-9(8)12(19)17-18-14(22)16-13(20)10-6-7-11(15)21-10/h2-7H,1H3,(H,17,19)(H2,16,18,20,22). The lowest BCUT2D eigenvalue weighted by atomic mass is 10.1. The second-order valence-corrected chi connectivity index (χ2v) is 5.47. The first-order valence-corrected chi connectivity index (χ1v) is 7.40. The van der Waals surface area contributed by atoms with E-state index in [0.29, 0.717) is 10.2 Å². The Kier molecular flexibility index (Phi) is 5.29. The van der Waals surface area contributed by atoms with Crippen LogP contribution in [0.15, 0.2) is 45.5 Å². The van der Waals surface area contributed by atoms with Crippen molar-refractivity contribution < 1.29 is 14.0 Å². The van der Waals surface area contributed by atoms with Gasteiger partial charge in [-0.05, 0) is 58.8 Å². The number of aryl methyl sites for hydroxylation is 1. The van der Waals surface area contributed by atoms with E-state index in [4.69, 9.17) is 16.6 Å². The van der Waals surface area contributed by atoms with Crippen LogP contribution >= 0.6 is 28.1 Å². The normalized spacial score (nSPS) is 9.91. The van der Waals surface area contributed by atoms with Gasteiger partial charge >= 0.3 is 0 Å². The van der Waals surface area contributed by atoms with Crippen LogP contribution in [0.2, 0.25) is 0 Å². The Hall–Kier alpha value is -2.19. The Morgan fingerprint density at radius 2 is 1.82 bits per heavy atom. The third kappa shape index (κ3) is 4.15. The highest BCUT2D eigenvalue weighted by molar-refractivity contribution is 9.10. The molecular formula is C14H12BrN3O3S. The van der Waals surface area contributed by atoms with Crippen molar-refractivity contribution in [2.75, 3.05) is 0 Å². The molecule has 0 saturated carbocycles. The van der Waals surface area contributed by atoms with Gasteiger partial charge in [-0.1, -0.05) is 18.2 Å². The van der Waals surface area contributed by atoms with Crippen LogP contribution < -0.4 is 16.2 Å². The van der Waals surface area contributed by atoms with Crippen molar-refractivity contribution in [3.05, 3.63) is 58.0 Å². The molecule has 22 heavy (non-hydrogen) atoms. The van der Waals surface area contributed by atoms with Crippen LogP contribution in [0.1, 0.15) is 26.5 Å². The maximum atomic E-state index is 12.0. The van der Waals surface area contributed by atoms with E-state index in [9.17, 15) is 9.59 Å². The zero-order valence-corrected chi connectivity index (χ0v) is 13.9. The van der Waals surface area contributed by atoms with Gasteiger partial charge in [0.25, 0.3) is 11.8 Å². The molecule has 0 radical (unpaired) electrons. The molecule has 0 bridgehead atoms. The Balaban J connectivity index is 1.87. The van der Waals surface area contributed by atoms with Gasteiger partial charge in [0.15, 0.2) is 15.5 Å². The number of nitrogens with one attached hydrogen (secondary N) is 3. The lowest BCUT2D eigenvalue weighted by molar-refractivity contribution is 0.0926. The summed E-state index contributed by atoms with van der Waals surface area (Å²) in [7, 11) is 0. The third-order valence-corrected chi connectivity index (χ3v) is 3.33. The van der Waals surface area contributed by atoms with Gasteiger partial charge < -0.3 is 4.42 Å². The summed E-state index contributed by atoms with van der Waals surface area (Å²) in [6.45, 7) is 1.82. The van der Waals surface area contributed by atoms with Gasteiger partial charge in [-0.25, -0.2) is 0 Å². The van der Waals surface area contributed by atoms with Gasteiger partial charge in [0, 0.05) is 5.56 Å². The van der Waals surface area contributed by atoms with Crippen LogP contribution in [0.25, 0.3) is 0 Å². The molecule has 1 aromatic heterocycles. The van der Waals surface area contributed by atoms with Crippen molar-refractivity contribution in [1.29, 1.82) is 0 Å². The minimum atomic E-state index is -0.520. The predicted octanol–water partition coefficient (Wildman–Crippen LogP) is 2.30. The van der Waals surface area contributed by atoms with Gasteiger partial charge in [0.05, 0.1) is 0 Å². The number of rotatable bonds is 2. The average Bonchev–Trinajstić information content (AvgIpc) is 2.92. The van der Waals surface area contributed by atoms with E-state index < -0.39 is 5.91 Å². The summed E-state index contributed by atoms with van der Waals surface area (Å²) < 4.78 is 5.52. The maximum absolute atomic E-state index is 12.0. The molecule has 0 spiro atoms. The topological polar surface area (TPSA) is 83.4 Å². The summed E-state index contributed by atoms with van der Waals surface area (Å²) in [4.78, 5) is 23.7. The number of halogens is 1. The number of benzene rings is 1. The molecule has 0 unspecified atom stereocenters. The SMILES string of the molecule is Cc1ccccc1C(=O)NNC(=S)NC(=O)c1ccc(Br)o1. The van der Waals surface area contributed by atoms with E-state index in [2.05, 4.69) is 32.1 Å². The molecular weight excluding hydrogens is 370 g/mol. The molecule has 1 heterocycles. The molecule has 0 aliphatic carbocycles. The predicted molar refractivity (Wildman–Crippen MR) is 88.3 cm³/mol. The van der Waals surface area contributed by atoms with E-state index in [-0.39, 0.29) is 16.8 Å². The molecule has 8 heteroatoms. The molecule has 0 atom stereocenters. The van der Waals surface area contributed by atoms with Crippen LogP contribution in [-0.2, 0) is 0 Å². The molecule has 2 rings (SSSR count). The number of furan rings is 1. The highest BCUT2D eigenvalue weighted by Crippen LogP contribution is 2.13. The second kappa shape index (κ2) is 7.19. The minimum absolute atomic E-state index is 0.0422. The first-order valence-electron chi connectivity index (χ1n) is 6.20. The minimum Gasteiger partial charge on any atom is -0.444 e. The van der Waals surface area contributed by atoms with E-state index in [1.165, 1.54) is 6.07 Å². The smallest absolute Gasteiger partial charge is 0.293 e. The summed E-state index contributed by atoms with van der Waals surface area (Å²) >= 11 is 8.02. The van der Waals surface area contributed by atoms with Crippen molar-refractivity contribution in [1.82, 2.24) is 16.2 Å². The molecule has 0 saturated heterocycles. The fourth-order valence-electron chi connectivity index (χ4n) is 1.64. The molecule has 2 amide bonds. The number of hydrazine groups is 1. The number of carbonyl (C=O) groups is 2. The molecule has 0 aliphatic heterocycles. The van der Waals surface area contributed by atoms with Crippen LogP contribution in [0.5, 0.6) is 0 Å². The number of hydrogen-bond acceptors (Lipinski definition) is 4. The van der Waals surface area contributed by atoms with Crippen LogP contribution in [-0.4, -0.2) is 16.9 Å². The number of hydrogen-bond donors (Lipinski definition) is 3. The van der Waals surface area contributed by atoms with Gasteiger partial charge in [0.1, 0.15) is 0 Å². The Morgan fingerprint density at radius 3 is 2.45 bits per heavy atom. The quantitative estimate of drug-likeness (QED) is 0.549. The fraction of sp³-hybridized carbons (Fsp3) is 0.0714. The molecule has 2 aromatic rings. The molecule has 114 valence electrons. The lowest BCUT2D eigenvalue weighted by Crippen LogP contribution is -2.48. The van der Waals surface area contributed by atoms with Crippen molar-refractivity contribution >= 4 is 45.1 Å². The van der Waals surface area contributed by atoms with Crippen molar-refractivity contribution in [2.45, 2.75) is 6.92 Å². The Bertz CT molecular complexity index is 730. The summed E-state index contributed by atoms with van der Waals surface area (Å²) in [5.41, 5.74) is 6.22. The summed E-state index contributed by atoms with van der Waals surface area (Å²) in [5.74, 6) is -0.773. The Morgan fingerprint density at radius 1 is 1.09 bits per heavy atom. The zero-order valence-electron chi connectivity index (χ0n) is 11.5. The van der Waals surface area contributed by atoms with Crippen LogP contribution in [0, 0.1) is 6.92 Å². The van der Waals surface area contributed by atoms with Crippen LogP contribution in [0.3, 0.4) is 0 Å². The third-order valence-electron chi connectivity index (χ3n) is 2.70. The molecule has 0 fully saturated rings. The van der Waals surface area contributed by atoms with E-state index in [0.717, 1.165) is 5.56 Å². The molecule has 1 aromatic carbocycles. The van der Waals surface area contributed by atoms with Gasteiger partial charge in [-0.2, -0.15) is 0 Å². The van der Waals surface area contributed by atoms with Gasteiger partial charge in [-0.3, -0.25) is 25.8 Å². The summed E-state index contributed by atoms with van der Waals surface area (Å²) in [5, 5.41) is 2.34. The fourth-order valence-corrected chi connectivity index (χ4v) is 2.09. The molecule has 3 N–H and O–H groups in total. The van der Waals surface area contributed by atoms with E-state index >= 15 is 0 Å². The first-order chi connectivity index (χ1) is 10.5. The van der Waals surface area contributed by atoms with Gasteiger partial charge in [0.2, 0.25) is 0 Å². The largest absolute Gasteiger partial charge is 0.444 e. The monoisotopic (exact) mass is 381 g/mol. The zero-order chi connectivity index (χ0) is 16.1. The van der Waals surface area contributed by atoms with Crippen molar-refractivity contribution in [3.63, 3.8) is 0 Å². The van der Waals surface area contributed by atoms with E-state index in [1.807, 2.05) is 19.1 Å². The van der Waals surface area contributed by atoms with Gasteiger partial charge in [-0.15, -0.1) is 0 Å².